The maximum atomic E-state index is 11.9. The van der Waals surface area contributed by atoms with E-state index in [0.717, 1.165) is 12.8 Å². The van der Waals surface area contributed by atoms with E-state index in [2.05, 4.69) is 0 Å². The SMILES string of the molecule is CCOC(=O)[C@H]1CCCN(c2ccc([N+](=O)[O-])cc2C#N)C1. The van der Waals surface area contributed by atoms with Crippen molar-refractivity contribution < 1.29 is 14.5 Å². The molecule has 1 aliphatic heterocycles. The summed E-state index contributed by atoms with van der Waals surface area (Å²) in [6.07, 6.45) is 1.57. The molecule has 2 rings (SSSR count). The third-order valence-corrected chi connectivity index (χ3v) is 3.69. The number of nitro groups is 1. The van der Waals surface area contributed by atoms with Crippen molar-refractivity contribution in [2.45, 2.75) is 19.8 Å². The quantitative estimate of drug-likeness (QED) is 0.481. The molecular weight excluding hydrogens is 286 g/mol. The number of ether oxygens (including phenoxy) is 1. The number of non-ortho nitro benzene ring substituents is 1. The van der Waals surface area contributed by atoms with Crippen molar-refractivity contribution in [3.63, 3.8) is 0 Å². The lowest BCUT2D eigenvalue weighted by Crippen LogP contribution is -2.39. The van der Waals surface area contributed by atoms with Crippen LogP contribution in [0.4, 0.5) is 11.4 Å². The van der Waals surface area contributed by atoms with Gasteiger partial charge in [0.1, 0.15) is 6.07 Å². The Hall–Kier alpha value is -2.62. The van der Waals surface area contributed by atoms with Crippen LogP contribution in [0.3, 0.4) is 0 Å². The summed E-state index contributed by atoms with van der Waals surface area (Å²) in [5, 5.41) is 20.0. The Balaban J connectivity index is 2.22. The Kier molecular flexibility index (Phi) is 4.94. The summed E-state index contributed by atoms with van der Waals surface area (Å²) in [6.45, 7) is 3.28. The van der Waals surface area contributed by atoms with Crippen molar-refractivity contribution in [3.8, 4) is 6.07 Å². The lowest BCUT2D eigenvalue weighted by Gasteiger charge is -2.33. The molecule has 0 spiro atoms. The summed E-state index contributed by atoms with van der Waals surface area (Å²) >= 11 is 0. The molecule has 1 aromatic carbocycles. The highest BCUT2D eigenvalue weighted by atomic mass is 16.6. The van der Waals surface area contributed by atoms with Gasteiger partial charge in [0.2, 0.25) is 0 Å². The lowest BCUT2D eigenvalue weighted by atomic mass is 9.97. The van der Waals surface area contributed by atoms with E-state index in [9.17, 15) is 20.2 Å². The Bertz CT molecular complexity index is 624. The summed E-state index contributed by atoms with van der Waals surface area (Å²) < 4.78 is 5.05. The number of carbonyl (C=O) groups excluding carboxylic acids is 1. The Labute approximate surface area is 128 Å². The zero-order valence-corrected chi connectivity index (χ0v) is 12.3. The summed E-state index contributed by atoms with van der Waals surface area (Å²) in [4.78, 5) is 24.1. The van der Waals surface area contributed by atoms with Gasteiger partial charge in [0.05, 0.1) is 28.7 Å². The third kappa shape index (κ3) is 3.34. The van der Waals surface area contributed by atoms with Gasteiger partial charge in [0, 0.05) is 25.2 Å². The molecule has 116 valence electrons. The number of anilines is 1. The van der Waals surface area contributed by atoms with Crippen molar-refractivity contribution in [2.24, 2.45) is 5.92 Å². The number of hydrogen-bond donors (Lipinski definition) is 0. The van der Waals surface area contributed by atoms with Gasteiger partial charge in [0.25, 0.3) is 5.69 Å². The predicted molar refractivity (Wildman–Crippen MR) is 79.4 cm³/mol. The minimum Gasteiger partial charge on any atom is -0.466 e. The minimum atomic E-state index is -0.526. The van der Waals surface area contributed by atoms with Gasteiger partial charge < -0.3 is 9.64 Å². The highest BCUT2D eigenvalue weighted by molar-refractivity contribution is 5.74. The van der Waals surface area contributed by atoms with Crippen LogP contribution in [0, 0.1) is 27.4 Å². The van der Waals surface area contributed by atoms with Gasteiger partial charge in [-0.15, -0.1) is 0 Å². The van der Waals surface area contributed by atoms with E-state index in [-0.39, 0.29) is 23.1 Å². The first-order chi connectivity index (χ1) is 10.6. The number of benzene rings is 1. The van der Waals surface area contributed by atoms with Crippen molar-refractivity contribution in [1.29, 1.82) is 5.26 Å². The number of nitriles is 1. The third-order valence-electron chi connectivity index (χ3n) is 3.69. The number of nitro benzene ring substituents is 1. The molecule has 1 heterocycles. The molecular formula is C15H17N3O4. The minimum absolute atomic E-state index is 0.112. The van der Waals surface area contributed by atoms with Crippen LogP contribution in [0.25, 0.3) is 0 Å². The van der Waals surface area contributed by atoms with E-state index in [1.807, 2.05) is 11.0 Å². The van der Waals surface area contributed by atoms with Gasteiger partial charge in [-0.2, -0.15) is 5.26 Å². The van der Waals surface area contributed by atoms with Gasteiger partial charge in [-0.05, 0) is 25.8 Å². The van der Waals surface area contributed by atoms with Gasteiger partial charge >= 0.3 is 5.97 Å². The Morgan fingerprint density at radius 1 is 1.59 bits per heavy atom. The van der Waals surface area contributed by atoms with E-state index in [0.29, 0.717) is 25.4 Å². The van der Waals surface area contributed by atoms with E-state index in [4.69, 9.17) is 4.74 Å². The highest BCUT2D eigenvalue weighted by Crippen LogP contribution is 2.29. The molecule has 22 heavy (non-hydrogen) atoms. The second kappa shape index (κ2) is 6.89. The maximum Gasteiger partial charge on any atom is 0.310 e. The fourth-order valence-electron chi connectivity index (χ4n) is 2.65. The second-order valence-electron chi connectivity index (χ2n) is 5.11. The van der Waals surface area contributed by atoms with Gasteiger partial charge in [0.15, 0.2) is 0 Å². The molecule has 1 fully saturated rings. The van der Waals surface area contributed by atoms with Crippen LogP contribution in [0.1, 0.15) is 25.3 Å². The first-order valence-corrected chi connectivity index (χ1v) is 7.17. The Morgan fingerprint density at radius 3 is 3.00 bits per heavy atom. The standard InChI is InChI=1S/C15H17N3O4/c1-2-22-15(19)11-4-3-7-17(10-11)14-6-5-13(18(20)21)8-12(14)9-16/h5-6,8,11H,2-4,7,10H2,1H3/t11-/m0/s1. The average Bonchev–Trinajstić information content (AvgIpc) is 2.54. The highest BCUT2D eigenvalue weighted by Gasteiger charge is 2.28. The summed E-state index contributed by atoms with van der Waals surface area (Å²) in [6, 6.07) is 6.21. The van der Waals surface area contributed by atoms with E-state index in [1.54, 1.807) is 13.0 Å². The van der Waals surface area contributed by atoms with Crippen LogP contribution in [-0.2, 0) is 9.53 Å². The zero-order valence-electron chi connectivity index (χ0n) is 12.3. The maximum absolute atomic E-state index is 11.9. The smallest absolute Gasteiger partial charge is 0.310 e. The summed E-state index contributed by atoms with van der Waals surface area (Å²) in [7, 11) is 0. The molecule has 0 amide bonds. The fraction of sp³-hybridized carbons (Fsp3) is 0.467. The van der Waals surface area contributed by atoms with E-state index >= 15 is 0 Å². The van der Waals surface area contributed by atoms with Gasteiger partial charge in [-0.1, -0.05) is 0 Å². The molecule has 0 bridgehead atoms. The number of hydrogen-bond acceptors (Lipinski definition) is 6. The molecule has 1 aromatic rings. The number of nitrogens with zero attached hydrogens (tertiary/aromatic N) is 3. The summed E-state index contributed by atoms with van der Waals surface area (Å²) in [5.41, 5.74) is 0.764. The monoisotopic (exact) mass is 303 g/mol. The molecule has 1 aliphatic rings. The van der Waals surface area contributed by atoms with Crippen LogP contribution in [-0.4, -0.2) is 30.6 Å². The van der Waals surface area contributed by atoms with Crippen LogP contribution in [0.15, 0.2) is 18.2 Å². The first-order valence-electron chi connectivity index (χ1n) is 7.17. The molecule has 0 radical (unpaired) electrons. The van der Waals surface area contributed by atoms with Crippen LogP contribution in [0.2, 0.25) is 0 Å². The number of piperidine rings is 1. The van der Waals surface area contributed by atoms with Crippen LogP contribution < -0.4 is 4.90 Å². The zero-order chi connectivity index (χ0) is 16.1. The second-order valence-corrected chi connectivity index (χ2v) is 5.11. The first kappa shape index (κ1) is 15.8. The van der Waals surface area contributed by atoms with Crippen molar-refractivity contribution in [2.75, 3.05) is 24.6 Å². The predicted octanol–water partition coefficient (Wildman–Crippen LogP) is 2.25. The van der Waals surface area contributed by atoms with Crippen molar-refractivity contribution >= 4 is 17.3 Å². The molecule has 1 atom stereocenters. The molecule has 0 N–H and O–H groups in total. The summed E-state index contributed by atoms with van der Waals surface area (Å²) in [5.74, 6) is -0.456. The molecule has 0 aromatic heterocycles. The molecule has 7 heteroatoms. The molecule has 1 saturated heterocycles. The molecule has 0 saturated carbocycles. The molecule has 0 aliphatic carbocycles. The van der Waals surface area contributed by atoms with Crippen molar-refractivity contribution in [1.82, 2.24) is 0 Å². The van der Waals surface area contributed by atoms with Gasteiger partial charge in [-0.3, -0.25) is 14.9 Å². The van der Waals surface area contributed by atoms with Gasteiger partial charge in [-0.25, -0.2) is 0 Å². The van der Waals surface area contributed by atoms with Crippen molar-refractivity contribution in [3.05, 3.63) is 33.9 Å². The largest absolute Gasteiger partial charge is 0.466 e. The van der Waals surface area contributed by atoms with E-state index in [1.165, 1.54) is 12.1 Å². The molecule has 0 unspecified atom stereocenters. The number of carbonyl (C=O) groups is 1. The Morgan fingerprint density at radius 2 is 2.36 bits per heavy atom. The van der Waals surface area contributed by atoms with E-state index < -0.39 is 4.92 Å². The number of rotatable bonds is 4. The van der Waals surface area contributed by atoms with Crippen LogP contribution >= 0.6 is 0 Å². The average molecular weight is 303 g/mol. The number of esters is 1. The fourth-order valence-corrected chi connectivity index (χ4v) is 2.65. The topological polar surface area (TPSA) is 96.5 Å². The molecule has 7 nitrogen and oxygen atoms in total. The van der Waals surface area contributed by atoms with Crippen LogP contribution in [0.5, 0.6) is 0 Å². The normalized spacial score (nSPS) is 17.6. The lowest BCUT2D eigenvalue weighted by molar-refractivity contribution is -0.384.